The van der Waals surface area contributed by atoms with Crippen molar-refractivity contribution >= 4 is 39.3 Å². The van der Waals surface area contributed by atoms with Gasteiger partial charge in [-0.2, -0.15) is 0 Å². The van der Waals surface area contributed by atoms with E-state index in [4.69, 9.17) is 26.2 Å². The van der Waals surface area contributed by atoms with Gasteiger partial charge in [0.2, 0.25) is 10.0 Å². The quantitative estimate of drug-likeness (QED) is 0.685. The molecule has 1 atom stereocenters. The Morgan fingerprint density at radius 3 is 2.52 bits per heavy atom. The smallest absolute Gasteiger partial charge is 0.342 e. The fourth-order valence-corrected chi connectivity index (χ4v) is 2.63. The summed E-state index contributed by atoms with van der Waals surface area (Å²) < 4.78 is 33.0. The maximum atomic E-state index is 12.4. The van der Waals surface area contributed by atoms with Crippen molar-refractivity contribution in [2.45, 2.75) is 17.9 Å². The zero-order valence-electron chi connectivity index (χ0n) is 14.3. The van der Waals surface area contributed by atoms with E-state index in [-0.39, 0.29) is 22.0 Å². The topological polar surface area (TPSA) is 138 Å². The number of rotatable bonds is 6. The summed E-state index contributed by atoms with van der Waals surface area (Å²) in [5.74, 6) is -1.30. The molecule has 2 rings (SSSR count). The Morgan fingerprint density at radius 1 is 1.26 bits per heavy atom. The van der Waals surface area contributed by atoms with E-state index in [0.717, 1.165) is 6.07 Å². The second kappa shape index (κ2) is 8.33. The van der Waals surface area contributed by atoms with Crippen LogP contribution in [-0.4, -0.2) is 38.5 Å². The highest BCUT2D eigenvalue weighted by Crippen LogP contribution is 2.23. The Morgan fingerprint density at radius 2 is 1.96 bits per heavy atom. The maximum absolute atomic E-state index is 12.4. The van der Waals surface area contributed by atoms with E-state index in [1.807, 2.05) is 0 Å². The molecule has 1 aromatic heterocycles. The molecule has 3 N–H and O–H groups in total. The minimum Gasteiger partial charge on any atom is -0.496 e. The Balaban J connectivity index is 2.15. The summed E-state index contributed by atoms with van der Waals surface area (Å²) in [6.45, 7) is 1.35. The van der Waals surface area contributed by atoms with Gasteiger partial charge in [-0.25, -0.2) is 23.3 Å². The van der Waals surface area contributed by atoms with E-state index in [0.29, 0.717) is 5.02 Å². The van der Waals surface area contributed by atoms with Crippen LogP contribution < -0.4 is 15.2 Å². The van der Waals surface area contributed by atoms with Crippen LogP contribution >= 0.6 is 11.6 Å². The lowest BCUT2D eigenvalue weighted by Gasteiger charge is -2.15. The van der Waals surface area contributed by atoms with Gasteiger partial charge in [-0.1, -0.05) is 11.6 Å². The third-order valence-electron chi connectivity index (χ3n) is 3.35. The third-order valence-corrected chi connectivity index (χ3v) is 4.49. The van der Waals surface area contributed by atoms with Crippen molar-refractivity contribution in [3.05, 3.63) is 47.1 Å². The highest BCUT2D eigenvalue weighted by Gasteiger charge is 2.23. The number of primary sulfonamides is 1. The molecule has 0 aliphatic carbocycles. The van der Waals surface area contributed by atoms with Crippen molar-refractivity contribution in [3.63, 3.8) is 0 Å². The van der Waals surface area contributed by atoms with E-state index in [9.17, 15) is 18.0 Å². The predicted octanol–water partition coefficient (Wildman–Crippen LogP) is 1.57. The summed E-state index contributed by atoms with van der Waals surface area (Å²) in [6.07, 6.45) is 0.148. The second-order valence-electron chi connectivity index (χ2n) is 5.31. The molecule has 9 nitrogen and oxygen atoms in total. The fraction of sp³-hybridized carbons (Fsp3) is 0.188. The number of hydrogen-bond acceptors (Lipinski definition) is 7. The number of anilines is 1. The fourth-order valence-electron chi connectivity index (χ4n) is 1.98. The Bertz CT molecular complexity index is 963. The van der Waals surface area contributed by atoms with Gasteiger partial charge in [0, 0.05) is 6.20 Å². The van der Waals surface area contributed by atoms with Crippen LogP contribution in [0.5, 0.6) is 5.75 Å². The number of amides is 1. The monoisotopic (exact) mass is 413 g/mol. The average molecular weight is 414 g/mol. The van der Waals surface area contributed by atoms with Gasteiger partial charge in [0.25, 0.3) is 5.91 Å². The molecule has 0 fully saturated rings. The van der Waals surface area contributed by atoms with Gasteiger partial charge in [-0.15, -0.1) is 0 Å². The minimum absolute atomic E-state index is 0.0689. The Hall–Kier alpha value is -2.69. The summed E-state index contributed by atoms with van der Waals surface area (Å²) in [5, 5.41) is 7.92. The van der Waals surface area contributed by atoms with Crippen molar-refractivity contribution in [3.8, 4) is 5.75 Å². The molecule has 0 aliphatic heterocycles. The summed E-state index contributed by atoms with van der Waals surface area (Å²) in [6, 6.07) is 6.48. The van der Waals surface area contributed by atoms with Crippen LogP contribution in [0.15, 0.2) is 41.4 Å². The summed E-state index contributed by atoms with van der Waals surface area (Å²) in [5.41, 5.74) is -0.187. The summed E-state index contributed by atoms with van der Waals surface area (Å²) in [7, 11) is -2.74. The molecule has 144 valence electrons. The molecule has 0 saturated heterocycles. The number of benzene rings is 1. The number of hydrogen-bond donors (Lipinski definition) is 2. The third kappa shape index (κ3) is 5.39. The number of nitrogens with zero attached hydrogens (tertiary/aromatic N) is 1. The number of carbonyl (C=O) groups excluding carboxylic acids is 2. The molecule has 1 amide bonds. The van der Waals surface area contributed by atoms with Crippen molar-refractivity contribution in [1.29, 1.82) is 0 Å². The summed E-state index contributed by atoms with van der Waals surface area (Å²) in [4.78, 5) is 28.1. The number of aromatic nitrogens is 1. The van der Waals surface area contributed by atoms with Crippen LogP contribution in [0.2, 0.25) is 5.02 Å². The van der Waals surface area contributed by atoms with E-state index < -0.39 is 28.0 Å². The number of carbonyl (C=O) groups is 2. The highest BCUT2D eigenvalue weighted by molar-refractivity contribution is 7.89. The van der Waals surface area contributed by atoms with Crippen LogP contribution in [0.25, 0.3) is 0 Å². The lowest BCUT2D eigenvalue weighted by Crippen LogP contribution is -2.30. The van der Waals surface area contributed by atoms with Gasteiger partial charge in [0.05, 0.1) is 17.0 Å². The van der Waals surface area contributed by atoms with Gasteiger partial charge in [0.1, 0.15) is 17.1 Å². The van der Waals surface area contributed by atoms with Crippen LogP contribution in [-0.2, 0) is 19.6 Å². The lowest BCUT2D eigenvalue weighted by atomic mass is 10.2. The van der Waals surface area contributed by atoms with Crippen molar-refractivity contribution in [2.24, 2.45) is 5.14 Å². The summed E-state index contributed by atoms with van der Waals surface area (Å²) >= 11 is 5.71. The van der Waals surface area contributed by atoms with Crippen molar-refractivity contribution in [1.82, 2.24) is 4.98 Å². The molecule has 0 bridgehead atoms. The Labute approximate surface area is 160 Å². The number of pyridine rings is 1. The molecule has 0 radical (unpaired) electrons. The van der Waals surface area contributed by atoms with E-state index in [2.05, 4.69) is 10.3 Å². The SMILES string of the molecule is COc1ccc(S(N)(=O)=O)cc1C(=O)O[C@H](C)C(=O)Nc1ccc(Cl)cn1. The predicted molar refractivity (Wildman–Crippen MR) is 97.1 cm³/mol. The number of esters is 1. The van der Waals surface area contributed by atoms with Gasteiger partial charge in [-0.3, -0.25) is 4.79 Å². The largest absolute Gasteiger partial charge is 0.496 e. The van der Waals surface area contributed by atoms with Crippen LogP contribution in [0.3, 0.4) is 0 Å². The standard InChI is InChI=1S/C16H16ClN3O6S/c1-9(15(21)20-14-6-3-10(17)8-19-14)26-16(22)12-7-11(27(18,23)24)4-5-13(12)25-2/h3-9H,1-2H3,(H2,18,23,24)(H,19,20,21)/t9-/m1/s1. The molecule has 0 spiro atoms. The van der Waals surface area contributed by atoms with Gasteiger partial charge in [0.15, 0.2) is 6.10 Å². The molecule has 0 aliphatic rings. The van der Waals surface area contributed by atoms with Crippen LogP contribution in [0.4, 0.5) is 5.82 Å². The van der Waals surface area contributed by atoms with E-state index in [1.165, 1.54) is 44.5 Å². The zero-order valence-corrected chi connectivity index (χ0v) is 15.9. The first-order valence-corrected chi connectivity index (χ1v) is 9.38. The van der Waals surface area contributed by atoms with Gasteiger partial charge < -0.3 is 14.8 Å². The van der Waals surface area contributed by atoms with Crippen molar-refractivity contribution in [2.75, 3.05) is 12.4 Å². The Kier molecular flexibility index (Phi) is 6.37. The number of nitrogens with one attached hydrogen (secondary N) is 1. The molecule has 0 saturated carbocycles. The number of methoxy groups -OCH3 is 1. The maximum Gasteiger partial charge on any atom is 0.342 e. The molecule has 11 heteroatoms. The first-order valence-electron chi connectivity index (χ1n) is 7.46. The molecule has 1 heterocycles. The molecular weight excluding hydrogens is 398 g/mol. The highest BCUT2D eigenvalue weighted by atomic mass is 35.5. The number of sulfonamides is 1. The molecule has 0 unspecified atom stereocenters. The second-order valence-corrected chi connectivity index (χ2v) is 7.30. The zero-order chi connectivity index (χ0) is 20.2. The van der Waals surface area contributed by atoms with Gasteiger partial charge >= 0.3 is 5.97 Å². The lowest BCUT2D eigenvalue weighted by molar-refractivity contribution is -0.123. The average Bonchev–Trinajstić information content (AvgIpc) is 2.62. The normalized spacial score (nSPS) is 12.1. The van der Waals surface area contributed by atoms with Crippen molar-refractivity contribution < 1.29 is 27.5 Å². The van der Waals surface area contributed by atoms with E-state index >= 15 is 0 Å². The van der Waals surface area contributed by atoms with Crippen LogP contribution in [0.1, 0.15) is 17.3 Å². The molecule has 27 heavy (non-hydrogen) atoms. The number of halogens is 1. The van der Waals surface area contributed by atoms with E-state index in [1.54, 1.807) is 0 Å². The molecule has 1 aromatic carbocycles. The molecular formula is C16H16ClN3O6S. The number of nitrogens with two attached hydrogens (primary N) is 1. The van der Waals surface area contributed by atoms with Crippen LogP contribution in [0, 0.1) is 0 Å². The van der Waals surface area contributed by atoms with Gasteiger partial charge in [-0.05, 0) is 37.3 Å². The first-order chi connectivity index (χ1) is 12.6. The number of ether oxygens (including phenoxy) is 2. The first kappa shape index (κ1) is 20.6. The molecule has 2 aromatic rings. The minimum atomic E-state index is -4.03.